The highest BCUT2D eigenvalue weighted by Crippen LogP contribution is 2.25. The maximum atomic E-state index is 11.9. The van der Waals surface area contributed by atoms with E-state index in [-0.39, 0.29) is 5.91 Å². The number of hydrogen-bond acceptors (Lipinski definition) is 3. The number of nitrogens with zero attached hydrogens (tertiary/aromatic N) is 1. The van der Waals surface area contributed by atoms with Gasteiger partial charge in [0.2, 0.25) is 5.91 Å². The summed E-state index contributed by atoms with van der Waals surface area (Å²) < 4.78 is 5.40. The van der Waals surface area contributed by atoms with E-state index in [1.165, 1.54) is 0 Å². The second kappa shape index (κ2) is 7.09. The second-order valence-electron chi connectivity index (χ2n) is 5.45. The van der Waals surface area contributed by atoms with E-state index >= 15 is 0 Å². The van der Waals surface area contributed by atoms with Crippen molar-refractivity contribution < 1.29 is 9.53 Å². The van der Waals surface area contributed by atoms with E-state index in [9.17, 15) is 4.79 Å². The summed E-state index contributed by atoms with van der Waals surface area (Å²) in [6, 6.07) is 15.1. The van der Waals surface area contributed by atoms with Crippen molar-refractivity contribution >= 4 is 5.91 Å². The zero-order valence-electron chi connectivity index (χ0n) is 13.2. The van der Waals surface area contributed by atoms with E-state index in [1.807, 2.05) is 61.3 Å². The fraction of sp³-hybridized carbons (Fsp3) is 0.278. The van der Waals surface area contributed by atoms with Crippen LogP contribution < -0.4 is 10.5 Å². The molecule has 0 heterocycles. The first-order chi connectivity index (χ1) is 10.5. The van der Waals surface area contributed by atoms with Crippen LogP contribution in [0.4, 0.5) is 0 Å². The number of methoxy groups -OCH3 is 1. The number of hydrogen-bond donors (Lipinski definition) is 1. The fourth-order valence-corrected chi connectivity index (χ4v) is 2.66. The van der Waals surface area contributed by atoms with E-state index in [4.69, 9.17) is 10.5 Å². The van der Waals surface area contributed by atoms with Gasteiger partial charge in [0, 0.05) is 12.1 Å². The van der Waals surface area contributed by atoms with Gasteiger partial charge in [0.05, 0.1) is 7.11 Å². The number of benzene rings is 2. The van der Waals surface area contributed by atoms with Gasteiger partial charge in [-0.05, 0) is 25.6 Å². The third kappa shape index (κ3) is 3.65. The SMILES string of the molecule is COc1ccc(C)cc1CN(C)C(C(N)=O)c1ccccc1. The standard InChI is InChI=1S/C18H22N2O2/c1-13-9-10-16(22-3)15(11-13)12-20(2)17(18(19)21)14-7-5-4-6-8-14/h4-11,17H,12H2,1-3H3,(H2,19,21). The average Bonchev–Trinajstić information content (AvgIpc) is 2.48. The molecule has 1 amide bonds. The van der Waals surface area contributed by atoms with Crippen molar-refractivity contribution in [3.63, 3.8) is 0 Å². The lowest BCUT2D eigenvalue weighted by Crippen LogP contribution is -2.35. The molecule has 1 atom stereocenters. The number of nitrogens with two attached hydrogens (primary N) is 1. The molecule has 0 bridgehead atoms. The number of primary amides is 1. The Hall–Kier alpha value is -2.33. The van der Waals surface area contributed by atoms with Crippen LogP contribution in [-0.2, 0) is 11.3 Å². The van der Waals surface area contributed by atoms with Crippen LogP contribution in [0.2, 0.25) is 0 Å². The molecule has 2 rings (SSSR count). The van der Waals surface area contributed by atoms with E-state index in [1.54, 1.807) is 7.11 Å². The minimum Gasteiger partial charge on any atom is -0.496 e. The number of carbonyl (C=O) groups excluding carboxylic acids is 1. The second-order valence-corrected chi connectivity index (χ2v) is 5.45. The first-order valence-electron chi connectivity index (χ1n) is 7.21. The topological polar surface area (TPSA) is 55.6 Å². The quantitative estimate of drug-likeness (QED) is 0.892. The van der Waals surface area contributed by atoms with Crippen molar-refractivity contribution in [3.8, 4) is 5.75 Å². The number of carbonyl (C=O) groups is 1. The summed E-state index contributed by atoms with van der Waals surface area (Å²) in [5.74, 6) is 0.453. The molecule has 0 fully saturated rings. The van der Waals surface area contributed by atoms with Crippen molar-refractivity contribution in [2.45, 2.75) is 19.5 Å². The summed E-state index contributed by atoms with van der Waals surface area (Å²) in [6.45, 7) is 2.61. The highest BCUT2D eigenvalue weighted by atomic mass is 16.5. The van der Waals surface area contributed by atoms with Gasteiger partial charge in [-0.25, -0.2) is 0 Å². The summed E-state index contributed by atoms with van der Waals surface area (Å²) in [4.78, 5) is 13.8. The molecule has 4 nitrogen and oxygen atoms in total. The van der Waals surface area contributed by atoms with Crippen LogP contribution in [0.25, 0.3) is 0 Å². The molecule has 2 N–H and O–H groups in total. The molecular formula is C18H22N2O2. The fourth-order valence-electron chi connectivity index (χ4n) is 2.66. The molecule has 0 aromatic heterocycles. The molecule has 0 saturated carbocycles. The molecule has 0 saturated heterocycles. The van der Waals surface area contributed by atoms with Crippen molar-refractivity contribution in [1.82, 2.24) is 4.90 Å². The summed E-state index contributed by atoms with van der Waals surface area (Å²) in [7, 11) is 3.54. The number of aryl methyl sites for hydroxylation is 1. The van der Waals surface area contributed by atoms with E-state index in [0.29, 0.717) is 6.54 Å². The predicted octanol–water partition coefficient (Wildman–Crippen LogP) is 2.66. The normalized spacial score (nSPS) is 12.2. The van der Waals surface area contributed by atoms with Gasteiger partial charge in [-0.2, -0.15) is 0 Å². The maximum absolute atomic E-state index is 11.9. The summed E-state index contributed by atoms with van der Waals surface area (Å²) in [5.41, 5.74) is 8.69. The molecule has 0 spiro atoms. The first-order valence-corrected chi connectivity index (χ1v) is 7.21. The zero-order chi connectivity index (χ0) is 16.1. The molecule has 22 heavy (non-hydrogen) atoms. The highest BCUT2D eigenvalue weighted by Gasteiger charge is 2.23. The van der Waals surface area contributed by atoms with Gasteiger partial charge in [0.15, 0.2) is 0 Å². The molecule has 0 aliphatic rings. The van der Waals surface area contributed by atoms with Crippen LogP contribution >= 0.6 is 0 Å². The molecule has 0 aliphatic carbocycles. The number of likely N-dealkylation sites (N-methyl/N-ethyl adjacent to an activating group) is 1. The maximum Gasteiger partial charge on any atom is 0.239 e. The van der Waals surface area contributed by atoms with Crippen molar-refractivity contribution in [1.29, 1.82) is 0 Å². The molecule has 2 aromatic rings. The highest BCUT2D eigenvalue weighted by molar-refractivity contribution is 5.81. The van der Waals surface area contributed by atoms with Crippen molar-refractivity contribution in [2.24, 2.45) is 5.73 Å². The summed E-state index contributed by atoms with van der Waals surface area (Å²) in [5, 5.41) is 0. The van der Waals surface area contributed by atoms with Gasteiger partial charge in [-0.1, -0.05) is 48.0 Å². The smallest absolute Gasteiger partial charge is 0.239 e. The zero-order valence-corrected chi connectivity index (χ0v) is 13.2. The Morgan fingerprint density at radius 3 is 2.50 bits per heavy atom. The Labute approximate surface area is 131 Å². The lowest BCUT2D eigenvalue weighted by molar-refractivity contribution is -0.123. The Bertz CT molecular complexity index is 641. The minimum atomic E-state index is -0.466. The van der Waals surface area contributed by atoms with Crippen molar-refractivity contribution in [3.05, 3.63) is 65.2 Å². The molecule has 116 valence electrons. The van der Waals surface area contributed by atoms with Crippen LogP contribution in [0.3, 0.4) is 0 Å². The minimum absolute atomic E-state index is 0.361. The van der Waals surface area contributed by atoms with Crippen LogP contribution in [0.5, 0.6) is 5.75 Å². The molecule has 2 aromatic carbocycles. The Kier molecular flexibility index (Phi) is 5.17. The van der Waals surface area contributed by atoms with E-state index < -0.39 is 6.04 Å². The lowest BCUT2D eigenvalue weighted by atomic mass is 10.0. The largest absolute Gasteiger partial charge is 0.496 e. The van der Waals surface area contributed by atoms with Crippen LogP contribution in [0.1, 0.15) is 22.7 Å². The van der Waals surface area contributed by atoms with E-state index in [0.717, 1.165) is 22.4 Å². The van der Waals surface area contributed by atoms with Gasteiger partial charge >= 0.3 is 0 Å². The van der Waals surface area contributed by atoms with Gasteiger partial charge in [0.1, 0.15) is 11.8 Å². The van der Waals surface area contributed by atoms with E-state index in [2.05, 4.69) is 6.07 Å². The molecule has 4 heteroatoms. The molecule has 0 radical (unpaired) electrons. The third-order valence-electron chi connectivity index (χ3n) is 3.68. The van der Waals surface area contributed by atoms with Gasteiger partial charge in [-0.3, -0.25) is 9.69 Å². The Morgan fingerprint density at radius 1 is 1.23 bits per heavy atom. The Morgan fingerprint density at radius 2 is 1.91 bits per heavy atom. The van der Waals surface area contributed by atoms with Crippen LogP contribution in [0.15, 0.2) is 48.5 Å². The third-order valence-corrected chi connectivity index (χ3v) is 3.68. The number of amides is 1. The average molecular weight is 298 g/mol. The molecular weight excluding hydrogens is 276 g/mol. The predicted molar refractivity (Wildman–Crippen MR) is 87.6 cm³/mol. The van der Waals surface area contributed by atoms with Gasteiger partial charge in [-0.15, -0.1) is 0 Å². The van der Waals surface area contributed by atoms with Crippen molar-refractivity contribution in [2.75, 3.05) is 14.2 Å². The Balaban J connectivity index is 2.28. The summed E-state index contributed by atoms with van der Waals surface area (Å²) >= 11 is 0. The van der Waals surface area contributed by atoms with Gasteiger partial charge in [0.25, 0.3) is 0 Å². The monoisotopic (exact) mass is 298 g/mol. The number of ether oxygens (including phenoxy) is 1. The summed E-state index contributed by atoms with van der Waals surface area (Å²) in [6.07, 6.45) is 0. The number of rotatable bonds is 6. The lowest BCUT2D eigenvalue weighted by Gasteiger charge is -2.26. The van der Waals surface area contributed by atoms with Gasteiger partial charge < -0.3 is 10.5 Å². The molecule has 0 aliphatic heterocycles. The molecule has 1 unspecified atom stereocenters. The van der Waals surface area contributed by atoms with Crippen LogP contribution in [-0.4, -0.2) is 25.0 Å². The first kappa shape index (κ1) is 16.0. The van der Waals surface area contributed by atoms with Crippen LogP contribution in [0, 0.1) is 6.92 Å².